The molecule has 0 radical (unpaired) electrons. The molecule has 3 rings (SSSR count). The second kappa shape index (κ2) is 5.44. The molecular weight excluding hydrogens is 256 g/mol. The van der Waals surface area contributed by atoms with Gasteiger partial charge in [0.05, 0.1) is 18.4 Å². The Labute approximate surface area is 116 Å². The minimum absolute atomic E-state index is 0.111. The van der Waals surface area contributed by atoms with Crippen LogP contribution in [0.25, 0.3) is 0 Å². The molecule has 0 aliphatic heterocycles. The lowest BCUT2D eigenvalue weighted by Crippen LogP contribution is -2.38. The summed E-state index contributed by atoms with van der Waals surface area (Å²) in [5, 5.41) is 9.75. The predicted molar refractivity (Wildman–Crippen MR) is 72.1 cm³/mol. The van der Waals surface area contributed by atoms with Gasteiger partial charge in [-0.15, -0.1) is 5.10 Å². The van der Waals surface area contributed by atoms with Gasteiger partial charge in [-0.1, -0.05) is 6.92 Å². The third kappa shape index (κ3) is 2.43. The second-order valence-corrected chi connectivity index (χ2v) is 5.05. The average molecular weight is 274 g/mol. The Morgan fingerprint density at radius 2 is 2.45 bits per heavy atom. The van der Waals surface area contributed by atoms with Crippen LogP contribution in [0.3, 0.4) is 0 Å². The maximum Gasteiger partial charge on any atom is 0.291 e. The van der Waals surface area contributed by atoms with Gasteiger partial charge in [-0.2, -0.15) is 0 Å². The monoisotopic (exact) mass is 274 g/mol. The van der Waals surface area contributed by atoms with Crippen molar-refractivity contribution in [2.24, 2.45) is 0 Å². The Hall–Kier alpha value is -2.18. The molecule has 1 aliphatic rings. The van der Waals surface area contributed by atoms with Crippen molar-refractivity contribution >= 4 is 5.91 Å². The molecule has 2 heterocycles. The van der Waals surface area contributed by atoms with Gasteiger partial charge in [0.15, 0.2) is 0 Å². The van der Waals surface area contributed by atoms with Crippen LogP contribution in [0.5, 0.6) is 0 Å². The van der Waals surface area contributed by atoms with Gasteiger partial charge in [-0.25, -0.2) is 9.97 Å². The van der Waals surface area contributed by atoms with Gasteiger partial charge < -0.3 is 9.88 Å². The number of H-pyrrole nitrogens is 1. The molecule has 20 heavy (non-hydrogen) atoms. The number of rotatable bonds is 4. The molecule has 2 unspecified atom stereocenters. The Bertz CT molecular complexity index is 575. The molecule has 2 aromatic heterocycles. The van der Waals surface area contributed by atoms with Gasteiger partial charge in [0.1, 0.15) is 5.82 Å². The van der Waals surface area contributed by atoms with E-state index in [1.54, 1.807) is 12.5 Å². The van der Waals surface area contributed by atoms with Gasteiger partial charge >= 0.3 is 0 Å². The van der Waals surface area contributed by atoms with Gasteiger partial charge in [0, 0.05) is 18.8 Å². The Kier molecular flexibility index (Phi) is 3.49. The van der Waals surface area contributed by atoms with Crippen LogP contribution in [0.15, 0.2) is 18.7 Å². The molecule has 2 atom stereocenters. The first-order chi connectivity index (χ1) is 9.78. The van der Waals surface area contributed by atoms with E-state index in [2.05, 4.69) is 30.0 Å². The first-order valence-corrected chi connectivity index (χ1v) is 6.97. The maximum absolute atomic E-state index is 12.2. The van der Waals surface area contributed by atoms with Crippen molar-refractivity contribution < 1.29 is 4.79 Å². The number of hydrogen-bond donors (Lipinski definition) is 2. The lowest BCUT2D eigenvalue weighted by molar-refractivity contribution is 0.0918. The first-order valence-electron chi connectivity index (χ1n) is 6.97. The number of aromatic amines is 1. The van der Waals surface area contributed by atoms with Gasteiger partial charge in [-0.3, -0.25) is 9.89 Å². The summed E-state index contributed by atoms with van der Waals surface area (Å²) in [6.07, 6.45) is 9.37. The Balaban J connectivity index is 1.69. The number of carbonyl (C=O) groups excluding carboxylic acids is 1. The highest BCUT2D eigenvalue weighted by Gasteiger charge is 2.30. The molecule has 106 valence electrons. The van der Waals surface area contributed by atoms with Crippen molar-refractivity contribution in [1.29, 1.82) is 0 Å². The number of aromatic nitrogens is 5. The summed E-state index contributed by atoms with van der Waals surface area (Å²) < 4.78 is 2.06. The fraction of sp³-hybridized carbons (Fsp3) is 0.538. The minimum atomic E-state index is -0.210. The number of carbonyl (C=O) groups is 1. The van der Waals surface area contributed by atoms with Gasteiger partial charge in [-0.05, 0) is 19.3 Å². The van der Waals surface area contributed by atoms with Crippen LogP contribution in [0.1, 0.15) is 48.7 Å². The second-order valence-electron chi connectivity index (χ2n) is 5.05. The molecule has 7 nitrogen and oxygen atoms in total. The van der Waals surface area contributed by atoms with Crippen molar-refractivity contribution in [2.45, 2.75) is 44.7 Å². The molecule has 0 spiro atoms. The van der Waals surface area contributed by atoms with E-state index in [9.17, 15) is 4.79 Å². The SMILES string of the molecule is CCc1nc(C(=O)NC2CCCC2n2ccnc2)n[nH]1. The van der Waals surface area contributed by atoms with Crippen LogP contribution < -0.4 is 5.32 Å². The standard InChI is InChI=1S/C13H18N6O/c1-2-11-16-12(18-17-11)13(20)15-9-4-3-5-10(9)19-7-6-14-8-19/h6-10H,2-5H2,1H3,(H,15,20)(H,16,17,18). The average Bonchev–Trinajstić information content (AvgIpc) is 3.19. The van der Waals surface area contributed by atoms with E-state index >= 15 is 0 Å². The topological polar surface area (TPSA) is 88.5 Å². The summed E-state index contributed by atoms with van der Waals surface area (Å²) in [6.45, 7) is 1.97. The van der Waals surface area contributed by atoms with E-state index in [0.29, 0.717) is 0 Å². The largest absolute Gasteiger partial charge is 0.344 e. The number of hydrogen-bond acceptors (Lipinski definition) is 4. The highest BCUT2D eigenvalue weighted by atomic mass is 16.2. The number of aryl methyl sites for hydroxylation is 1. The highest BCUT2D eigenvalue weighted by Crippen LogP contribution is 2.29. The number of nitrogens with one attached hydrogen (secondary N) is 2. The molecule has 0 bridgehead atoms. The molecule has 7 heteroatoms. The molecule has 1 aliphatic carbocycles. The molecule has 0 saturated heterocycles. The molecule has 0 aromatic carbocycles. The summed E-state index contributed by atoms with van der Waals surface area (Å²) >= 11 is 0. The molecule has 1 saturated carbocycles. The third-order valence-corrected chi connectivity index (χ3v) is 3.77. The lowest BCUT2D eigenvalue weighted by atomic mass is 10.1. The Morgan fingerprint density at radius 1 is 1.55 bits per heavy atom. The third-order valence-electron chi connectivity index (χ3n) is 3.77. The van der Waals surface area contributed by atoms with Crippen molar-refractivity contribution in [2.75, 3.05) is 0 Å². The van der Waals surface area contributed by atoms with E-state index in [0.717, 1.165) is 31.5 Å². The fourth-order valence-corrected chi connectivity index (χ4v) is 2.72. The zero-order valence-corrected chi connectivity index (χ0v) is 11.4. The van der Waals surface area contributed by atoms with Crippen LogP contribution in [0.4, 0.5) is 0 Å². The van der Waals surface area contributed by atoms with Crippen LogP contribution >= 0.6 is 0 Å². The van der Waals surface area contributed by atoms with Crippen molar-refractivity contribution in [3.8, 4) is 0 Å². The predicted octanol–water partition coefficient (Wildman–Crippen LogP) is 1.09. The van der Waals surface area contributed by atoms with E-state index in [1.807, 2.05) is 13.1 Å². The van der Waals surface area contributed by atoms with Gasteiger partial charge in [0.25, 0.3) is 5.91 Å². The number of nitrogens with zero attached hydrogens (tertiary/aromatic N) is 4. The molecule has 1 fully saturated rings. The zero-order valence-electron chi connectivity index (χ0n) is 11.4. The molecule has 2 aromatic rings. The van der Waals surface area contributed by atoms with Crippen LogP contribution in [0.2, 0.25) is 0 Å². The van der Waals surface area contributed by atoms with Crippen molar-refractivity contribution in [1.82, 2.24) is 30.0 Å². The van der Waals surface area contributed by atoms with E-state index in [4.69, 9.17) is 0 Å². The quantitative estimate of drug-likeness (QED) is 0.873. The summed E-state index contributed by atoms with van der Waals surface area (Å²) in [7, 11) is 0. The normalized spacial score (nSPS) is 22.1. The molecule has 1 amide bonds. The van der Waals surface area contributed by atoms with Crippen LogP contribution in [0, 0.1) is 0 Å². The van der Waals surface area contributed by atoms with E-state index < -0.39 is 0 Å². The summed E-state index contributed by atoms with van der Waals surface area (Å²) in [4.78, 5) is 20.4. The van der Waals surface area contributed by atoms with Gasteiger partial charge in [0.2, 0.25) is 5.82 Å². The summed E-state index contributed by atoms with van der Waals surface area (Å²) in [6, 6.07) is 0.381. The first kappa shape index (κ1) is 12.8. The maximum atomic E-state index is 12.2. The summed E-state index contributed by atoms with van der Waals surface area (Å²) in [5.41, 5.74) is 0. The summed E-state index contributed by atoms with van der Waals surface area (Å²) in [5.74, 6) is 0.740. The van der Waals surface area contributed by atoms with Crippen molar-refractivity contribution in [3.05, 3.63) is 30.4 Å². The number of amides is 1. The van der Waals surface area contributed by atoms with Crippen LogP contribution in [-0.2, 0) is 6.42 Å². The van der Waals surface area contributed by atoms with E-state index in [1.165, 1.54) is 0 Å². The minimum Gasteiger partial charge on any atom is -0.344 e. The lowest BCUT2D eigenvalue weighted by Gasteiger charge is -2.21. The fourth-order valence-electron chi connectivity index (χ4n) is 2.72. The molecule has 2 N–H and O–H groups in total. The Morgan fingerprint density at radius 3 is 3.15 bits per heavy atom. The van der Waals surface area contributed by atoms with Crippen molar-refractivity contribution in [3.63, 3.8) is 0 Å². The van der Waals surface area contributed by atoms with Crippen LogP contribution in [-0.4, -0.2) is 36.7 Å². The smallest absolute Gasteiger partial charge is 0.291 e. The highest BCUT2D eigenvalue weighted by molar-refractivity contribution is 5.90. The molecular formula is C13H18N6O. The van der Waals surface area contributed by atoms with E-state index in [-0.39, 0.29) is 23.8 Å². The zero-order chi connectivity index (χ0) is 13.9. The number of imidazole rings is 1.